The van der Waals surface area contributed by atoms with Gasteiger partial charge in [-0.3, -0.25) is 9.59 Å². The number of aromatic nitrogens is 4. The van der Waals surface area contributed by atoms with Crippen LogP contribution in [0.4, 0.5) is 8.78 Å². The lowest BCUT2D eigenvalue weighted by Gasteiger charge is -2.13. The lowest BCUT2D eigenvalue weighted by molar-refractivity contribution is 0.0709. The number of pyridine rings is 1. The number of aromatic amines is 1. The van der Waals surface area contributed by atoms with Crippen LogP contribution >= 0.6 is 0 Å². The van der Waals surface area contributed by atoms with Crippen LogP contribution in [0.5, 0.6) is 5.75 Å². The number of hydrogen-bond donors (Lipinski definition) is 2. The Morgan fingerprint density at radius 2 is 1.79 bits per heavy atom. The van der Waals surface area contributed by atoms with E-state index in [2.05, 4.69) is 20.6 Å². The maximum absolute atomic E-state index is 14.0. The van der Waals surface area contributed by atoms with Gasteiger partial charge in [0.25, 0.3) is 5.91 Å². The van der Waals surface area contributed by atoms with Crippen LogP contribution in [0.2, 0.25) is 0 Å². The van der Waals surface area contributed by atoms with Crippen LogP contribution in [-0.2, 0) is 19.8 Å². The summed E-state index contributed by atoms with van der Waals surface area (Å²) in [5.41, 5.74) is 1.48. The van der Waals surface area contributed by atoms with Crippen LogP contribution in [0, 0.1) is 11.6 Å². The first-order chi connectivity index (χ1) is 18.5. The Balaban J connectivity index is 1.39. The van der Waals surface area contributed by atoms with Gasteiger partial charge >= 0.3 is 0 Å². The molecule has 38 heavy (non-hydrogen) atoms. The molecule has 0 aliphatic rings. The first-order valence-electron chi connectivity index (χ1n) is 11.6. The third kappa shape index (κ3) is 5.36. The lowest BCUT2D eigenvalue weighted by Crippen LogP contribution is -2.30. The molecule has 0 aliphatic carbocycles. The third-order valence-corrected chi connectivity index (χ3v) is 5.69. The molecule has 0 unspecified atom stereocenters. The molecule has 0 atom stereocenters. The summed E-state index contributed by atoms with van der Waals surface area (Å²) < 4.78 is 33.0. The zero-order chi connectivity index (χ0) is 26.5. The highest BCUT2D eigenvalue weighted by atomic mass is 19.1. The van der Waals surface area contributed by atoms with Crippen LogP contribution in [0.25, 0.3) is 11.0 Å². The van der Waals surface area contributed by atoms with Crippen LogP contribution in [0.1, 0.15) is 27.2 Å². The largest absolute Gasteiger partial charge is 0.483 e. The van der Waals surface area contributed by atoms with Gasteiger partial charge in [0, 0.05) is 24.4 Å². The summed E-state index contributed by atoms with van der Waals surface area (Å²) in [6.45, 7) is -0.320. The molecule has 2 heterocycles. The monoisotopic (exact) mass is 517 g/mol. The number of fused-ring (bicyclic) bond motifs is 1. The number of hydrogen-bond acceptors (Lipinski definition) is 6. The number of para-hydroxylation sites is 1. The van der Waals surface area contributed by atoms with E-state index in [-0.39, 0.29) is 42.3 Å². The van der Waals surface area contributed by atoms with Crippen LogP contribution in [0.15, 0.2) is 83.8 Å². The molecule has 2 aromatic heterocycles. The Morgan fingerprint density at radius 1 is 1.00 bits per heavy atom. The van der Waals surface area contributed by atoms with Gasteiger partial charge in [-0.25, -0.2) is 8.78 Å². The fraction of sp³-hybridized carbons (Fsp3) is 0.111. The van der Waals surface area contributed by atoms with Gasteiger partial charge in [-0.15, -0.1) is 5.10 Å². The number of amides is 1. The Hall–Kier alpha value is -5.06. The van der Waals surface area contributed by atoms with E-state index in [0.29, 0.717) is 11.0 Å². The number of halogens is 2. The number of nitrogens with zero attached hydrogens (tertiary/aromatic N) is 3. The molecule has 5 aromatic rings. The topological polar surface area (TPSA) is 111 Å². The van der Waals surface area contributed by atoms with E-state index in [4.69, 9.17) is 9.57 Å². The minimum absolute atomic E-state index is 0.0645. The summed E-state index contributed by atoms with van der Waals surface area (Å²) in [7, 11) is 0. The van der Waals surface area contributed by atoms with Gasteiger partial charge in [0.05, 0.1) is 0 Å². The Bertz CT molecular complexity index is 1650. The zero-order valence-electron chi connectivity index (χ0n) is 19.9. The smallest absolute Gasteiger partial charge is 0.257 e. The Labute approximate surface area is 214 Å². The number of benzene rings is 3. The Kier molecular flexibility index (Phi) is 7.07. The molecule has 1 amide bonds. The summed E-state index contributed by atoms with van der Waals surface area (Å²) >= 11 is 0. The standard InChI is InChI=1S/C27H21F2N5O4/c28-19-11-10-18(21(29)12-19)13-31-27(36)20-14-30-23(16-38-34-24-9-5-4-8-22(24)32-33-34)26(25(20)35)37-15-17-6-2-1-3-7-17/h1-12,14H,13,15-16H2,(H,30,35)(H,31,36). The zero-order valence-corrected chi connectivity index (χ0v) is 19.9. The molecule has 3 aromatic carbocycles. The highest BCUT2D eigenvalue weighted by molar-refractivity contribution is 5.94. The number of nitrogens with one attached hydrogen (secondary N) is 2. The second-order valence-corrected chi connectivity index (χ2v) is 8.26. The van der Waals surface area contributed by atoms with Crippen molar-refractivity contribution in [2.45, 2.75) is 19.8 Å². The molecule has 0 spiro atoms. The predicted octanol–water partition coefficient (Wildman–Crippen LogP) is 3.54. The number of carbonyl (C=O) groups excluding carboxylic acids is 1. The van der Waals surface area contributed by atoms with Crippen molar-refractivity contribution in [1.29, 1.82) is 0 Å². The van der Waals surface area contributed by atoms with E-state index in [1.165, 1.54) is 17.1 Å². The van der Waals surface area contributed by atoms with E-state index in [1.807, 2.05) is 42.5 Å². The van der Waals surface area contributed by atoms with Crippen molar-refractivity contribution in [3.05, 3.63) is 123 Å². The quantitative estimate of drug-likeness (QED) is 0.310. The van der Waals surface area contributed by atoms with Crippen molar-refractivity contribution in [3.63, 3.8) is 0 Å². The van der Waals surface area contributed by atoms with Gasteiger partial charge in [0.2, 0.25) is 5.43 Å². The summed E-state index contributed by atoms with van der Waals surface area (Å²) in [6, 6.07) is 19.4. The molecule has 0 fully saturated rings. The molecule has 5 rings (SSSR count). The molecule has 0 saturated carbocycles. The van der Waals surface area contributed by atoms with Crippen molar-refractivity contribution in [3.8, 4) is 5.75 Å². The molecule has 9 nitrogen and oxygen atoms in total. The average molecular weight is 517 g/mol. The lowest BCUT2D eigenvalue weighted by atomic mass is 10.1. The van der Waals surface area contributed by atoms with E-state index < -0.39 is 23.0 Å². The second-order valence-electron chi connectivity index (χ2n) is 8.26. The van der Waals surface area contributed by atoms with Crippen molar-refractivity contribution in [1.82, 2.24) is 25.5 Å². The van der Waals surface area contributed by atoms with E-state index in [9.17, 15) is 18.4 Å². The van der Waals surface area contributed by atoms with Crippen molar-refractivity contribution in [2.75, 3.05) is 0 Å². The fourth-order valence-electron chi connectivity index (χ4n) is 3.71. The van der Waals surface area contributed by atoms with Gasteiger partial charge < -0.3 is 19.9 Å². The summed E-state index contributed by atoms with van der Waals surface area (Å²) in [4.78, 5) is 36.0. The van der Waals surface area contributed by atoms with E-state index in [1.54, 1.807) is 12.1 Å². The fourth-order valence-corrected chi connectivity index (χ4v) is 3.71. The molecular weight excluding hydrogens is 496 g/mol. The van der Waals surface area contributed by atoms with Gasteiger partial charge in [-0.2, -0.15) is 0 Å². The second kappa shape index (κ2) is 10.9. The van der Waals surface area contributed by atoms with Crippen LogP contribution < -0.4 is 20.3 Å². The van der Waals surface area contributed by atoms with Gasteiger partial charge in [-0.05, 0) is 29.0 Å². The van der Waals surface area contributed by atoms with Gasteiger partial charge in [0.15, 0.2) is 12.4 Å². The minimum Gasteiger partial charge on any atom is -0.483 e. The minimum atomic E-state index is -0.806. The SMILES string of the molecule is O=C(NCc1ccc(F)cc1F)c1c[nH]c(COn2nnc3ccccc32)c(OCc2ccccc2)c1=O. The normalized spacial score (nSPS) is 10.9. The predicted molar refractivity (Wildman–Crippen MR) is 133 cm³/mol. The third-order valence-electron chi connectivity index (χ3n) is 5.69. The van der Waals surface area contributed by atoms with Crippen molar-refractivity contribution in [2.24, 2.45) is 0 Å². The molecule has 0 saturated heterocycles. The first-order valence-corrected chi connectivity index (χ1v) is 11.6. The summed E-state index contributed by atoms with van der Waals surface area (Å²) in [5.74, 6) is -2.40. The summed E-state index contributed by atoms with van der Waals surface area (Å²) in [5, 5.41) is 10.5. The molecule has 11 heteroatoms. The average Bonchev–Trinajstić information content (AvgIpc) is 3.34. The molecule has 0 aliphatic heterocycles. The van der Waals surface area contributed by atoms with Crippen LogP contribution in [0.3, 0.4) is 0 Å². The van der Waals surface area contributed by atoms with Crippen molar-refractivity contribution >= 4 is 16.9 Å². The van der Waals surface area contributed by atoms with Gasteiger partial charge in [0.1, 0.15) is 40.5 Å². The molecule has 2 N–H and O–H groups in total. The maximum Gasteiger partial charge on any atom is 0.257 e. The molecule has 0 radical (unpaired) electrons. The first kappa shape index (κ1) is 24.6. The number of rotatable bonds is 9. The van der Waals surface area contributed by atoms with Crippen LogP contribution in [-0.4, -0.2) is 26.0 Å². The number of carbonyl (C=O) groups is 1. The summed E-state index contributed by atoms with van der Waals surface area (Å²) in [6.07, 6.45) is 1.23. The highest BCUT2D eigenvalue weighted by Gasteiger charge is 2.20. The maximum atomic E-state index is 14.0. The number of ether oxygens (including phenoxy) is 1. The highest BCUT2D eigenvalue weighted by Crippen LogP contribution is 2.16. The Morgan fingerprint density at radius 3 is 2.61 bits per heavy atom. The van der Waals surface area contributed by atoms with E-state index >= 15 is 0 Å². The molecule has 0 bridgehead atoms. The molecular formula is C27H21F2N5O4. The van der Waals surface area contributed by atoms with E-state index in [0.717, 1.165) is 17.7 Å². The van der Waals surface area contributed by atoms with Gasteiger partial charge in [-0.1, -0.05) is 53.4 Å². The number of H-pyrrole nitrogens is 1. The van der Waals surface area contributed by atoms with Crippen molar-refractivity contribution < 1.29 is 23.1 Å². The molecule has 192 valence electrons.